The Morgan fingerprint density at radius 1 is 1.42 bits per heavy atom. The molecule has 0 aliphatic heterocycles. The van der Waals surface area contributed by atoms with Crippen LogP contribution in [0.15, 0.2) is 5.38 Å². The molecule has 3 nitrogen and oxygen atoms in total. The minimum atomic E-state index is -0.0826. The van der Waals surface area contributed by atoms with Gasteiger partial charge in [-0.05, 0) is 38.5 Å². The van der Waals surface area contributed by atoms with Crippen molar-refractivity contribution in [3.8, 4) is 0 Å². The van der Waals surface area contributed by atoms with E-state index in [1.165, 1.54) is 23.5 Å². The largest absolute Gasteiger partial charge is 0.382 e. The first-order valence-corrected chi connectivity index (χ1v) is 8.10. The Morgan fingerprint density at radius 3 is 2.53 bits per heavy atom. The van der Waals surface area contributed by atoms with Crippen molar-refractivity contribution in [3.63, 3.8) is 0 Å². The molecule has 0 spiro atoms. The van der Waals surface area contributed by atoms with Gasteiger partial charge < -0.3 is 10.1 Å². The van der Waals surface area contributed by atoms with Crippen LogP contribution in [0.4, 0.5) is 0 Å². The van der Waals surface area contributed by atoms with Gasteiger partial charge in [-0.2, -0.15) is 0 Å². The van der Waals surface area contributed by atoms with E-state index in [0.29, 0.717) is 24.5 Å². The highest BCUT2D eigenvalue weighted by Gasteiger charge is 2.48. The normalized spacial score (nSPS) is 19.1. The molecule has 1 atom stereocenters. The number of nitrogens with one attached hydrogen (secondary N) is 1. The average Bonchev–Trinajstić information content (AvgIpc) is 3.05. The molecule has 1 aromatic heterocycles. The van der Waals surface area contributed by atoms with E-state index in [1.54, 1.807) is 18.4 Å². The third-order valence-corrected chi connectivity index (χ3v) is 4.73. The lowest BCUT2D eigenvalue weighted by Gasteiger charge is -2.34. The number of rotatable bonds is 7. The smallest absolute Gasteiger partial charge is 0.116 e. The number of aromatic nitrogens is 1. The molecule has 19 heavy (non-hydrogen) atoms. The van der Waals surface area contributed by atoms with Crippen molar-refractivity contribution in [2.24, 2.45) is 5.92 Å². The quantitative estimate of drug-likeness (QED) is 0.831. The maximum atomic E-state index is 5.54. The van der Waals surface area contributed by atoms with Gasteiger partial charge in [0.25, 0.3) is 0 Å². The predicted octanol–water partition coefficient (Wildman–Crippen LogP) is 3.52. The number of hydrogen-bond acceptors (Lipinski definition) is 4. The van der Waals surface area contributed by atoms with Crippen molar-refractivity contribution < 1.29 is 4.74 Å². The molecular weight excluding hydrogens is 256 g/mol. The predicted molar refractivity (Wildman–Crippen MR) is 80.8 cm³/mol. The summed E-state index contributed by atoms with van der Waals surface area (Å²) in [5, 5.41) is 7.15. The van der Waals surface area contributed by atoms with E-state index in [1.807, 2.05) is 0 Å². The van der Waals surface area contributed by atoms with Crippen LogP contribution in [-0.2, 0) is 10.3 Å². The Labute approximate surface area is 120 Å². The molecule has 1 aliphatic carbocycles. The molecule has 1 saturated carbocycles. The van der Waals surface area contributed by atoms with Crippen LogP contribution in [0, 0.1) is 5.92 Å². The van der Waals surface area contributed by atoms with Gasteiger partial charge in [0.2, 0.25) is 0 Å². The number of hydrogen-bond donors (Lipinski definition) is 1. The number of thiazole rings is 1. The molecule has 0 bridgehead atoms. The van der Waals surface area contributed by atoms with Crippen LogP contribution in [0.5, 0.6) is 0 Å². The zero-order valence-corrected chi connectivity index (χ0v) is 13.5. The maximum Gasteiger partial charge on any atom is 0.116 e. The van der Waals surface area contributed by atoms with Crippen LogP contribution in [-0.4, -0.2) is 24.7 Å². The van der Waals surface area contributed by atoms with Crippen molar-refractivity contribution in [1.29, 1.82) is 0 Å². The average molecular weight is 282 g/mol. The van der Waals surface area contributed by atoms with Crippen molar-refractivity contribution in [3.05, 3.63) is 16.1 Å². The monoisotopic (exact) mass is 282 g/mol. The van der Waals surface area contributed by atoms with E-state index >= 15 is 0 Å². The van der Waals surface area contributed by atoms with Gasteiger partial charge in [-0.1, -0.05) is 13.8 Å². The van der Waals surface area contributed by atoms with Crippen LogP contribution in [0.3, 0.4) is 0 Å². The molecule has 1 fully saturated rings. The van der Waals surface area contributed by atoms with Crippen LogP contribution in [0.2, 0.25) is 0 Å². The van der Waals surface area contributed by atoms with Gasteiger partial charge in [0.1, 0.15) is 5.01 Å². The Kier molecular flexibility index (Phi) is 4.64. The molecule has 0 saturated heterocycles. The molecule has 0 aromatic carbocycles. The fourth-order valence-corrected chi connectivity index (χ4v) is 3.86. The molecule has 1 unspecified atom stereocenters. The third kappa shape index (κ3) is 3.18. The molecule has 1 N–H and O–H groups in total. The van der Waals surface area contributed by atoms with Crippen molar-refractivity contribution in [2.75, 3.05) is 13.7 Å². The zero-order valence-electron chi connectivity index (χ0n) is 12.7. The van der Waals surface area contributed by atoms with Gasteiger partial charge in [0, 0.05) is 18.5 Å². The van der Waals surface area contributed by atoms with Crippen LogP contribution in [0.25, 0.3) is 0 Å². The van der Waals surface area contributed by atoms with Gasteiger partial charge in [-0.25, -0.2) is 4.98 Å². The summed E-state index contributed by atoms with van der Waals surface area (Å²) in [5.41, 5.74) is 1.12. The highest BCUT2D eigenvalue weighted by Crippen LogP contribution is 2.47. The molecule has 2 rings (SSSR count). The summed E-state index contributed by atoms with van der Waals surface area (Å²) in [6.45, 7) is 9.50. The topological polar surface area (TPSA) is 34.1 Å². The molecule has 4 heteroatoms. The Bertz CT molecular complexity index is 412. The summed E-state index contributed by atoms with van der Waals surface area (Å²) in [5.74, 6) is 1.16. The number of nitrogens with zero attached hydrogens (tertiary/aromatic N) is 1. The molecule has 1 aliphatic rings. The van der Waals surface area contributed by atoms with E-state index in [-0.39, 0.29) is 5.54 Å². The van der Waals surface area contributed by atoms with E-state index in [0.717, 1.165) is 0 Å². The summed E-state index contributed by atoms with van der Waals surface area (Å²) in [7, 11) is 1.79. The summed E-state index contributed by atoms with van der Waals surface area (Å²) in [6.07, 6.45) is 2.55. The second-order valence-corrected chi connectivity index (χ2v) is 7.07. The van der Waals surface area contributed by atoms with Gasteiger partial charge in [-0.3, -0.25) is 0 Å². The molecule has 108 valence electrons. The summed E-state index contributed by atoms with van der Waals surface area (Å²) < 4.78 is 5.54. The fraction of sp³-hybridized carbons (Fsp3) is 0.800. The molecular formula is C15H26N2OS. The van der Waals surface area contributed by atoms with E-state index in [9.17, 15) is 0 Å². The van der Waals surface area contributed by atoms with Gasteiger partial charge in [0.15, 0.2) is 0 Å². The lowest BCUT2D eigenvalue weighted by atomic mass is 9.93. The SMILES string of the molecule is COCC(NC(C)C)(c1nc(C(C)C)cs1)C1CC1. The first-order valence-electron chi connectivity index (χ1n) is 7.22. The van der Waals surface area contributed by atoms with E-state index < -0.39 is 0 Å². The Hall–Kier alpha value is -0.450. The summed E-state index contributed by atoms with van der Waals surface area (Å²) >= 11 is 1.78. The van der Waals surface area contributed by atoms with Crippen molar-refractivity contribution in [1.82, 2.24) is 10.3 Å². The van der Waals surface area contributed by atoms with Gasteiger partial charge >= 0.3 is 0 Å². The van der Waals surface area contributed by atoms with Crippen molar-refractivity contribution >= 4 is 11.3 Å². The minimum absolute atomic E-state index is 0.0826. The van der Waals surface area contributed by atoms with Crippen molar-refractivity contribution in [2.45, 2.75) is 58.0 Å². The molecule has 0 amide bonds. The van der Waals surface area contributed by atoms with Crippen LogP contribution >= 0.6 is 11.3 Å². The first kappa shape index (κ1) is 14.9. The molecule has 1 aromatic rings. The molecule has 0 radical (unpaired) electrons. The lowest BCUT2D eigenvalue weighted by Crippen LogP contribution is -2.51. The lowest BCUT2D eigenvalue weighted by molar-refractivity contribution is 0.0861. The second kappa shape index (κ2) is 5.90. The van der Waals surface area contributed by atoms with Gasteiger partial charge in [0.05, 0.1) is 17.8 Å². The maximum absolute atomic E-state index is 5.54. The van der Waals surface area contributed by atoms with Crippen LogP contribution in [0.1, 0.15) is 57.2 Å². The Morgan fingerprint density at radius 2 is 2.11 bits per heavy atom. The number of ether oxygens (including phenoxy) is 1. The second-order valence-electron chi connectivity index (χ2n) is 6.21. The highest BCUT2D eigenvalue weighted by molar-refractivity contribution is 7.09. The fourth-order valence-electron chi connectivity index (χ4n) is 2.65. The van der Waals surface area contributed by atoms with E-state index in [4.69, 9.17) is 9.72 Å². The van der Waals surface area contributed by atoms with E-state index in [2.05, 4.69) is 38.4 Å². The zero-order chi connectivity index (χ0) is 14.0. The summed E-state index contributed by atoms with van der Waals surface area (Å²) in [4.78, 5) is 4.89. The van der Waals surface area contributed by atoms with Gasteiger partial charge in [-0.15, -0.1) is 11.3 Å². The third-order valence-electron chi connectivity index (χ3n) is 3.69. The first-order chi connectivity index (χ1) is 8.99. The number of methoxy groups -OCH3 is 1. The standard InChI is InChI=1S/C15H26N2OS/c1-10(2)13-8-19-14(16-13)15(9-18-5,12-6-7-12)17-11(3)4/h8,10-12,17H,6-7,9H2,1-5H3. The van der Waals surface area contributed by atoms with Crippen LogP contribution < -0.4 is 5.32 Å². The highest BCUT2D eigenvalue weighted by atomic mass is 32.1. The summed E-state index contributed by atoms with van der Waals surface area (Å²) in [6, 6.07) is 0.433. The molecule has 1 heterocycles. The Balaban J connectivity index is 2.33. The minimum Gasteiger partial charge on any atom is -0.382 e.